The van der Waals surface area contributed by atoms with Crippen molar-refractivity contribution in [1.82, 2.24) is 20.6 Å². The lowest BCUT2D eigenvalue weighted by molar-refractivity contribution is -0.126. The van der Waals surface area contributed by atoms with E-state index in [0.717, 1.165) is 52.8 Å². The molecule has 1 aromatic heterocycles. The fourth-order valence-electron chi connectivity index (χ4n) is 4.73. The summed E-state index contributed by atoms with van der Waals surface area (Å²) < 4.78 is 0. The van der Waals surface area contributed by atoms with E-state index in [1.807, 2.05) is 31.2 Å². The van der Waals surface area contributed by atoms with Gasteiger partial charge in [0.25, 0.3) is 0 Å². The van der Waals surface area contributed by atoms with Gasteiger partial charge in [-0.2, -0.15) is 5.10 Å². The molecule has 0 saturated carbocycles. The van der Waals surface area contributed by atoms with Crippen LogP contribution in [0.25, 0.3) is 10.9 Å². The number of carbonyl (C=O) groups excluding carboxylic acids is 2. The molecule has 1 amide bonds. The van der Waals surface area contributed by atoms with Gasteiger partial charge in [0.1, 0.15) is 6.04 Å². The SMILES string of the molecule is CC(c1cc2ccccc2[nH]1)N(C)C(=O)/C=C/C1=CC2=C3CNCCC3C(=O)[C@@H]2NN=C1.Cl. The summed E-state index contributed by atoms with van der Waals surface area (Å²) in [6.07, 6.45) is 7.81. The Hall–Kier alpha value is -3.16. The highest BCUT2D eigenvalue weighted by atomic mass is 35.5. The van der Waals surface area contributed by atoms with Crippen molar-refractivity contribution in [2.75, 3.05) is 20.1 Å². The van der Waals surface area contributed by atoms with Crippen LogP contribution in [0, 0.1) is 5.92 Å². The van der Waals surface area contributed by atoms with Crippen LogP contribution >= 0.6 is 12.4 Å². The number of hydrogen-bond acceptors (Lipinski definition) is 5. The number of carbonyl (C=O) groups is 2. The number of halogens is 1. The Kier molecular flexibility index (Phi) is 6.54. The summed E-state index contributed by atoms with van der Waals surface area (Å²) in [6.45, 7) is 3.58. The maximum absolute atomic E-state index is 12.9. The molecule has 7 nitrogen and oxygen atoms in total. The Morgan fingerprint density at radius 2 is 2.12 bits per heavy atom. The number of likely N-dealkylation sites (N-methyl/N-ethyl adjacent to an activating group) is 1. The van der Waals surface area contributed by atoms with E-state index in [1.165, 1.54) is 0 Å². The monoisotopic (exact) mass is 465 g/mol. The average Bonchev–Trinajstić information content (AvgIpc) is 3.27. The molecule has 8 heteroatoms. The molecule has 1 fully saturated rings. The van der Waals surface area contributed by atoms with Crippen LogP contribution in [0.5, 0.6) is 0 Å². The fraction of sp³-hybridized carbons (Fsp3) is 0.320. The van der Waals surface area contributed by atoms with Crippen LogP contribution in [0.4, 0.5) is 0 Å². The van der Waals surface area contributed by atoms with Gasteiger partial charge >= 0.3 is 0 Å². The van der Waals surface area contributed by atoms with Crippen molar-refractivity contribution in [2.45, 2.75) is 25.4 Å². The lowest BCUT2D eigenvalue weighted by Crippen LogP contribution is -2.36. The maximum atomic E-state index is 12.9. The number of piperidine rings is 1. The number of nitrogens with one attached hydrogen (secondary N) is 3. The number of fused-ring (bicyclic) bond motifs is 3. The molecular weight excluding hydrogens is 438 g/mol. The minimum absolute atomic E-state index is 0. The van der Waals surface area contributed by atoms with Gasteiger partial charge < -0.3 is 15.2 Å². The Balaban J connectivity index is 0.00000259. The molecule has 3 aliphatic rings. The predicted octanol–water partition coefficient (Wildman–Crippen LogP) is 3.04. The standard InChI is InChI=1S/C25H27N5O2.ClH/c1-15(22-12-17-5-3-4-6-21(17)28-22)30(2)23(31)8-7-16-11-19-20-14-26-10-9-18(20)25(32)24(19)29-27-13-16;/h3-8,11-13,15,18,24,26,28-29H,9-10,14H2,1-2H3;1H/b8-7+;/t15?,18?,24-;/m1./s1. The van der Waals surface area contributed by atoms with Crippen LogP contribution in [0.3, 0.4) is 0 Å². The second-order valence-corrected chi connectivity index (χ2v) is 8.64. The third-order valence-electron chi connectivity index (χ3n) is 6.74. The lowest BCUT2D eigenvalue weighted by atomic mass is 9.93. The fourth-order valence-corrected chi connectivity index (χ4v) is 4.73. The highest BCUT2D eigenvalue weighted by Crippen LogP contribution is 2.35. The molecule has 2 aliphatic heterocycles. The number of aromatic nitrogens is 1. The van der Waals surface area contributed by atoms with E-state index >= 15 is 0 Å². The Bertz CT molecular complexity index is 1180. The first-order valence-electron chi connectivity index (χ1n) is 11.0. The molecular formula is C25H28ClN5O2. The third kappa shape index (κ3) is 4.26. The summed E-state index contributed by atoms with van der Waals surface area (Å²) in [5, 5.41) is 8.72. The zero-order valence-electron chi connectivity index (χ0n) is 18.7. The van der Waals surface area contributed by atoms with Gasteiger partial charge in [-0.05, 0) is 66.3 Å². The van der Waals surface area contributed by atoms with Gasteiger partial charge in [-0.15, -0.1) is 12.4 Å². The first-order valence-corrected chi connectivity index (χ1v) is 11.0. The van der Waals surface area contributed by atoms with E-state index in [-0.39, 0.29) is 36.1 Å². The Labute approximate surface area is 199 Å². The molecule has 172 valence electrons. The van der Waals surface area contributed by atoms with Gasteiger partial charge in [-0.3, -0.25) is 15.0 Å². The van der Waals surface area contributed by atoms with E-state index in [1.54, 1.807) is 30.3 Å². The number of aromatic amines is 1. The van der Waals surface area contributed by atoms with Crippen molar-refractivity contribution in [3.63, 3.8) is 0 Å². The largest absolute Gasteiger partial charge is 0.357 e. The molecule has 1 aromatic carbocycles. The molecule has 0 radical (unpaired) electrons. The third-order valence-corrected chi connectivity index (χ3v) is 6.74. The van der Waals surface area contributed by atoms with Crippen molar-refractivity contribution in [3.05, 3.63) is 71.0 Å². The van der Waals surface area contributed by atoms with Gasteiger partial charge in [0.2, 0.25) is 5.91 Å². The highest BCUT2D eigenvalue weighted by Gasteiger charge is 2.41. The normalized spacial score (nSPS) is 22.8. The first-order chi connectivity index (χ1) is 15.5. The molecule has 0 spiro atoms. The second kappa shape index (κ2) is 9.37. The molecule has 1 saturated heterocycles. The summed E-state index contributed by atoms with van der Waals surface area (Å²) >= 11 is 0. The van der Waals surface area contributed by atoms with Crippen molar-refractivity contribution in [1.29, 1.82) is 0 Å². The number of para-hydroxylation sites is 1. The van der Waals surface area contributed by atoms with Crippen LogP contribution in [-0.2, 0) is 9.59 Å². The molecule has 3 heterocycles. The summed E-state index contributed by atoms with van der Waals surface area (Å²) in [7, 11) is 1.80. The molecule has 3 atom stereocenters. The quantitative estimate of drug-likeness (QED) is 0.605. The first kappa shape index (κ1) is 23.0. The number of nitrogens with zero attached hydrogens (tertiary/aromatic N) is 2. The van der Waals surface area contributed by atoms with Gasteiger partial charge in [-0.1, -0.05) is 18.2 Å². The summed E-state index contributed by atoms with van der Waals surface area (Å²) in [4.78, 5) is 30.7. The summed E-state index contributed by atoms with van der Waals surface area (Å²) in [5.74, 6) is 0.0677. The van der Waals surface area contributed by atoms with E-state index in [4.69, 9.17) is 0 Å². The minimum Gasteiger partial charge on any atom is -0.357 e. The zero-order valence-corrected chi connectivity index (χ0v) is 19.5. The Morgan fingerprint density at radius 1 is 1.30 bits per heavy atom. The number of hydrazone groups is 1. The van der Waals surface area contributed by atoms with E-state index in [0.29, 0.717) is 0 Å². The number of hydrogen-bond donors (Lipinski definition) is 3. The molecule has 3 N–H and O–H groups in total. The van der Waals surface area contributed by atoms with E-state index in [9.17, 15) is 9.59 Å². The van der Waals surface area contributed by atoms with Crippen LogP contribution in [0.1, 0.15) is 25.1 Å². The van der Waals surface area contributed by atoms with Gasteiger partial charge in [0, 0.05) is 36.8 Å². The molecule has 2 unspecified atom stereocenters. The summed E-state index contributed by atoms with van der Waals surface area (Å²) in [6, 6.07) is 9.67. The minimum atomic E-state index is -0.391. The van der Waals surface area contributed by atoms with Crippen LogP contribution in [-0.4, -0.2) is 54.0 Å². The van der Waals surface area contributed by atoms with Crippen LogP contribution < -0.4 is 10.7 Å². The van der Waals surface area contributed by atoms with Crippen molar-refractivity contribution in [3.8, 4) is 0 Å². The zero-order chi connectivity index (χ0) is 22.2. The maximum Gasteiger partial charge on any atom is 0.246 e. The van der Waals surface area contributed by atoms with Crippen LogP contribution in [0.2, 0.25) is 0 Å². The second-order valence-electron chi connectivity index (χ2n) is 8.64. The number of rotatable bonds is 4. The van der Waals surface area contributed by atoms with Gasteiger partial charge in [0.15, 0.2) is 5.78 Å². The smallest absolute Gasteiger partial charge is 0.246 e. The number of benzene rings is 1. The highest BCUT2D eigenvalue weighted by molar-refractivity contribution is 5.99. The predicted molar refractivity (Wildman–Crippen MR) is 132 cm³/mol. The Morgan fingerprint density at radius 3 is 2.94 bits per heavy atom. The summed E-state index contributed by atoms with van der Waals surface area (Å²) in [5.41, 5.74) is 7.96. The van der Waals surface area contributed by atoms with Crippen molar-refractivity contribution in [2.24, 2.45) is 11.0 Å². The number of amides is 1. The number of ketones is 1. The molecule has 5 rings (SSSR count). The van der Waals surface area contributed by atoms with E-state index < -0.39 is 6.04 Å². The molecule has 2 aromatic rings. The molecule has 33 heavy (non-hydrogen) atoms. The van der Waals surface area contributed by atoms with Crippen molar-refractivity contribution >= 4 is 41.2 Å². The number of allylic oxidation sites excluding steroid dienone is 2. The lowest BCUT2D eigenvalue weighted by Gasteiger charge is -2.22. The van der Waals surface area contributed by atoms with Crippen LogP contribution in [0.15, 0.2) is 70.4 Å². The van der Waals surface area contributed by atoms with Gasteiger partial charge in [0.05, 0.1) is 12.3 Å². The van der Waals surface area contributed by atoms with Gasteiger partial charge in [-0.25, -0.2) is 0 Å². The molecule has 1 aliphatic carbocycles. The topological polar surface area (TPSA) is 89.6 Å². The number of Topliss-reactive ketones (excluding diaryl/α,β-unsaturated/α-hetero) is 1. The molecule has 0 bridgehead atoms. The average molecular weight is 466 g/mol. The van der Waals surface area contributed by atoms with E-state index in [2.05, 4.69) is 33.0 Å². The van der Waals surface area contributed by atoms with Crippen molar-refractivity contribution < 1.29 is 9.59 Å². The number of H-pyrrole nitrogens is 1.